The van der Waals surface area contributed by atoms with Crippen molar-refractivity contribution in [2.75, 3.05) is 29.9 Å². The van der Waals surface area contributed by atoms with Crippen molar-refractivity contribution in [1.82, 2.24) is 0 Å². The first-order chi connectivity index (χ1) is 15.4. The van der Waals surface area contributed by atoms with E-state index in [2.05, 4.69) is 30.1 Å². The van der Waals surface area contributed by atoms with Gasteiger partial charge >= 0.3 is 5.97 Å². The van der Waals surface area contributed by atoms with E-state index in [9.17, 15) is 4.79 Å². The first kappa shape index (κ1) is 24.7. The summed E-state index contributed by atoms with van der Waals surface area (Å²) in [5.41, 5.74) is 4.96. The number of fused-ring (bicyclic) bond motifs is 2. The van der Waals surface area contributed by atoms with Crippen molar-refractivity contribution in [2.24, 2.45) is 5.92 Å². The van der Waals surface area contributed by atoms with Crippen LogP contribution in [0.15, 0.2) is 36.4 Å². The Labute approximate surface area is 202 Å². The molecule has 2 aromatic rings. The van der Waals surface area contributed by atoms with Crippen LogP contribution in [0.4, 0.5) is 11.4 Å². The molecule has 2 aromatic carbocycles. The molecule has 0 amide bonds. The molecule has 0 aromatic heterocycles. The maximum absolute atomic E-state index is 12.4. The summed E-state index contributed by atoms with van der Waals surface area (Å²) in [6, 6.07) is 11.8. The van der Waals surface area contributed by atoms with Crippen molar-refractivity contribution >= 4 is 40.5 Å². The van der Waals surface area contributed by atoms with Crippen LogP contribution in [0.1, 0.15) is 51.2 Å². The van der Waals surface area contributed by atoms with E-state index in [4.69, 9.17) is 27.9 Å². The fourth-order valence-electron chi connectivity index (χ4n) is 4.40. The molecule has 0 saturated carbocycles. The summed E-state index contributed by atoms with van der Waals surface area (Å²) in [6.07, 6.45) is 5.24. The van der Waals surface area contributed by atoms with Gasteiger partial charge in [0, 0.05) is 34.5 Å². The Hall–Kier alpha value is -1.91. The number of esters is 1. The third kappa shape index (κ3) is 6.55. The second-order valence-corrected chi connectivity index (χ2v) is 9.67. The lowest BCUT2D eigenvalue weighted by Gasteiger charge is -2.37. The Bertz CT molecular complexity index is 917. The molecular weight excluding hydrogens is 443 g/mol. The molecule has 32 heavy (non-hydrogen) atoms. The molecule has 0 spiro atoms. The van der Waals surface area contributed by atoms with E-state index >= 15 is 0 Å². The first-order valence-corrected chi connectivity index (χ1v) is 12.4. The molecule has 174 valence electrons. The van der Waals surface area contributed by atoms with Crippen LogP contribution in [0.3, 0.4) is 0 Å². The predicted octanol–water partition coefficient (Wildman–Crippen LogP) is 6.77. The monoisotopic (exact) mass is 476 g/mol. The molecule has 2 aliphatic heterocycles. The van der Waals surface area contributed by atoms with E-state index in [1.165, 1.54) is 23.2 Å². The van der Waals surface area contributed by atoms with Crippen molar-refractivity contribution in [3.8, 4) is 0 Å². The number of hydrogen-bond acceptors (Lipinski definition) is 4. The van der Waals surface area contributed by atoms with Crippen LogP contribution >= 0.6 is 23.2 Å². The summed E-state index contributed by atoms with van der Waals surface area (Å²) in [7, 11) is 0. The average molecular weight is 477 g/mol. The number of nitrogens with zero attached hydrogens (tertiary/aromatic N) is 1. The van der Waals surface area contributed by atoms with Gasteiger partial charge in [-0.1, -0.05) is 37.0 Å². The minimum absolute atomic E-state index is 0.117. The summed E-state index contributed by atoms with van der Waals surface area (Å²) in [5.74, 6) is 0.325. The lowest BCUT2D eigenvalue weighted by Crippen LogP contribution is -2.45. The SMILES string of the molecule is CCOC(=O)[C@@H](CC(C)C)N1CCCc2cc(Cl)ccc21.Clc1ccc2c(c1)CCCN2. The van der Waals surface area contributed by atoms with Crippen molar-refractivity contribution < 1.29 is 9.53 Å². The largest absolute Gasteiger partial charge is 0.464 e. The first-order valence-electron chi connectivity index (χ1n) is 11.6. The normalized spacial score (nSPS) is 15.6. The Kier molecular flexibility index (Phi) is 9.12. The quantitative estimate of drug-likeness (QED) is 0.483. The molecule has 2 heterocycles. The Morgan fingerprint density at radius 3 is 2.47 bits per heavy atom. The lowest BCUT2D eigenvalue weighted by atomic mass is 9.96. The number of anilines is 2. The molecule has 4 rings (SSSR count). The van der Waals surface area contributed by atoms with Crippen LogP contribution in [0.5, 0.6) is 0 Å². The van der Waals surface area contributed by atoms with Crippen molar-refractivity contribution in [1.29, 1.82) is 0 Å². The number of carbonyl (C=O) groups excluding carboxylic acids is 1. The van der Waals surface area contributed by atoms with E-state index in [1.807, 2.05) is 37.3 Å². The molecule has 2 aliphatic rings. The number of carbonyl (C=O) groups is 1. The van der Waals surface area contributed by atoms with Crippen LogP contribution in [0.25, 0.3) is 0 Å². The van der Waals surface area contributed by atoms with Crippen molar-refractivity contribution in [2.45, 2.75) is 58.9 Å². The molecule has 0 bridgehead atoms. The fourth-order valence-corrected chi connectivity index (χ4v) is 4.79. The highest BCUT2D eigenvalue weighted by Crippen LogP contribution is 2.32. The third-order valence-electron chi connectivity index (χ3n) is 5.83. The molecule has 4 nitrogen and oxygen atoms in total. The molecule has 0 aliphatic carbocycles. The van der Waals surface area contributed by atoms with Crippen molar-refractivity contribution in [3.05, 3.63) is 57.6 Å². The highest BCUT2D eigenvalue weighted by atomic mass is 35.5. The molecule has 0 radical (unpaired) electrons. The van der Waals surface area contributed by atoms with Crippen LogP contribution in [-0.4, -0.2) is 31.7 Å². The summed E-state index contributed by atoms with van der Waals surface area (Å²) < 4.78 is 5.29. The van der Waals surface area contributed by atoms with E-state index < -0.39 is 0 Å². The number of hydrogen-bond donors (Lipinski definition) is 1. The number of ether oxygens (including phenoxy) is 1. The van der Waals surface area contributed by atoms with Gasteiger partial charge in [-0.25, -0.2) is 4.79 Å². The molecule has 0 fully saturated rings. The Morgan fingerprint density at radius 1 is 1.06 bits per heavy atom. The molecule has 1 atom stereocenters. The van der Waals surface area contributed by atoms with Gasteiger partial charge in [0.2, 0.25) is 0 Å². The summed E-state index contributed by atoms with van der Waals surface area (Å²) >= 11 is 11.9. The van der Waals surface area contributed by atoms with E-state index in [0.29, 0.717) is 12.5 Å². The molecule has 6 heteroatoms. The molecule has 0 saturated heterocycles. The van der Waals surface area contributed by atoms with Gasteiger partial charge in [-0.05, 0) is 92.5 Å². The van der Waals surface area contributed by atoms with Gasteiger partial charge in [0.15, 0.2) is 0 Å². The van der Waals surface area contributed by atoms with Gasteiger partial charge in [-0.3, -0.25) is 0 Å². The van der Waals surface area contributed by atoms with Crippen molar-refractivity contribution in [3.63, 3.8) is 0 Å². The topological polar surface area (TPSA) is 41.6 Å². The van der Waals surface area contributed by atoms with Gasteiger partial charge in [0.25, 0.3) is 0 Å². The number of rotatable bonds is 5. The minimum atomic E-state index is -0.204. The van der Waals surface area contributed by atoms with Crippen LogP contribution in [0, 0.1) is 5.92 Å². The van der Waals surface area contributed by atoms with Crippen LogP contribution in [0.2, 0.25) is 10.0 Å². The summed E-state index contributed by atoms with van der Waals surface area (Å²) in [4.78, 5) is 14.6. The number of halogens is 2. The smallest absolute Gasteiger partial charge is 0.328 e. The third-order valence-corrected chi connectivity index (χ3v) is 6.30. The van der Waals surface area contributed by atoms with Crippen LogP contribution in [-0.2, 0) is 22.4 Å². The number of aryl methyl sites for hydroxylation is 2. The predicted molar refractivity (Wildman–Crippen MR) is 135 cm³/mol. The minimum Gasteiger partial charge on any atom is -0.464 e. The number of nitrogens with one attached hydrogen (secondary N) is 1. The average Bonchev–Trinajstić information content (AvgIpc) is 2.77. The van der Waals surface area contributed by atoms with Gasteiger partial charge in [-0.15, -0.1) is 0 Å². The summed E-state index contributed by atoms with van der Waals surface area (Å²) in [6.45, 7) is 8.54. The highest BCUT2D eigenvalue weighted by Gasteiger charge is 2.31. The van der Waals surface area contributed by atoms with E-state index in [1.54, 1.807) is 0 Å². The lowest BCUT2D eigenvalue weighted by molar-refractivity contribution is -0.145. The van der Waals surface area contributed by atoms with Gasteiger partial charge in [0.1, 0.15) is 6.04 Å². The van der Waals surface area contributed by atoms with Gasteiger partial charge in [-0.2, -0.15) is 0 Å². The van der Waals surface area contributed by atoms with E-state index in [0.717, 1.165) is 54.5 Å². The van der Waals surface area contributed by atoms with Gasteiger partial charge in [0.05, 0.1) is 6.61 Å². The Balaban J connectivity index is 0.000000219. The zero-order valence-electron chi connectivity index (χ0n) is 19.3. The molecular formula is C26H34Cl2N2O2. The fraction of sp³-hybridized carbons (Fsp3) is 0.500. The molecule has 0 unspecified atom stereocenters. The van der Waals surface area contributed by atoms with Gasteiger partial charge < -0.3 is 15.0 Å². The zero-order chi connectivity index (χ0) is 23.1. The summed E-state index contributed by atoms with van der Waals surface area (Å²) in [5, 5.41) is 4.93. The second kappa shape index (κ2) is 11.8. The Morgan fingerprint density at radius 2 is 1.75 bits per heavy atom. The van der Waals surface area contributed by atoms with E-state index in [-0.39, 0.29) is 12.0 Å². The standard InChI is InChI=1S/C17H24ClNO2.C9H10ClN/c1-4-21-17(20)16(10-12(2)3)19-9-5-6-13-11-14(18)7-8-15(13)19;10-8-3-4-9-7(6-8)2-1-5-11-9/h7-8,11-12,16H,4-6,9-10H2,1-3H3;3-4,6,11H,1-2,5H2/t16-;/m1./s1. The maximum atomic E-state index is 12.4. The zero-order valence-corrected chi connectivity index (χ0v) is 20.8. The van der Waals surface area contributed by atoms with Crippen LogP contribution < -0.4 is 10.2 Å². The molecule has 1 N–H and O–H groups in total. The second-order valence-electron chi connectivity index (χ2n) is 8.80. The number of benzene rings is 2. The maximum Gasteiger partial charge on any atom is 0.328 e. The highest BCUT2D eigenvalue weighted by molar-refractivity contribution is 6.31.